The van der Waals surface area contributed by atoms with Gasteiger partial charge in [0.1, 0.15) is 0 Å². The second-order valence-electron chi connectivity index (χ2n) is 7.53. The van der Waals surface area contributed by atoms with Gasteiger partial charge in [-0.3, -0.25) is 0 Å². The van der Waals surface area contributed by atoms with Crippen LogP contribution in [-0.2, 0) is 0 Å². The van der Waals surface area contributed by atoms with Crippen molar-refractivity contribution < 1.29 is 0 Å². The van der Waals surface area contributed by atoms with Crippen LogP contribution in [0.25, 0.3) is 0 Å². The molecule has 4 rings (SSSR count). The second-order valence-corrected chi connectivity index (χ2v) is 7.53. The summed E-state index contributed by atoms with van der Waals surface area (Å²) in [5, 5.41) is 0. The lowest BCUT2D eigenvalue weighted by Crippen LogP contribution is -2.87. The van der Waals surface area contributed by atoms with E-state index in [9.17, 15) is 0 Å². The molecule has 8 unspecified atom stereocenters. The highest BCUT2D eigenvalue weighted by Gasteiger charge is 2.76. The van der Waals surface area contributed by atoms with Gasteiger partial charge in [0.25, 0.3) is 0 Å². The van der Waals surface area contributed by atoms with Gasteiger partial charge in [0.2, 0.25) is 0 Å². The standard InChI is InChI=1S/C14H24N2/c1-7-3-10-12-11-9(6-14(10,11)16)4-8(2)13(12,15)5-7/h7-12H,3-6,15-16H2,1-2H3. The molecule has 16 heavy (non-hydrogen) atoms. The summed E-state index contributed by atoms with van der Waals surface area (Å²) in [5.74, 6) is 4.75. The summed E-state index contributed by atoms with van der Waals surface area (Å²) in [7, 11) is 0. The highest BCUT2D eigenvalue weighted by Crippen LogP contribution is 2.74. The molecule has 0 spiro atoms. The molecule has 0 bridgehead atoms. The molecule has 0 aromatic heterocycles. The summed E-state index contributed by atoms with van der Waals surface area (Å²) >= 11 is 0. The SMILES string of the molecule is CC1CC2C3C4C(CC(C)C3(N)C1)CC24N. The molecule has 0 saturated heterocycles. The van der Waals surface area contributed by atoms with Crippen LogP contribution in [0, 0.1) is 35.5 Å². The summed E-state index contributed by atoms with van der Waals surface area (Å²) in [6.07, 6.45) is 5.23. The molecule has 4 aliphatic rings. The van der Waals surface area contributed by atoms with E-state index < -0.39 is 0 Å². The summed E-state index contributed by atoms with van der Waals surface area (Å²) in [4.78, 5) is 0. The third kappa shape index (κ3) is 0.799. The fraction of sp³-hybridized carbons (Fsp3) is 1.00. The number of hydrogen-bond acceptors (Lipinski definition) is 2. The van der Waals surface area contributed by atoms with Gasteiger partial charge < -0.3 is 11.5 Å². The molecule has 0 radical (unpaired) electrons. The van der Waals surface area contributed by atoms with Crippen molar-refractivity contribution in [2.75, 3.05) is 0 Å². The zero-order chi connectivity index (χ0) is 11.3. The number of nitrogens with two attached hydrogens (primary N) is 2. The minimum absolute atomic E-state index is 0.132. The number of fused-ring (bicyclic) bond motifs is 1. The fourth-order valence-corrected chi connectivity index (χ4v) is 6.25. The lowest BCUT2D eigenvalue weighted by Gasteiger charge is -2.80. The fourth-order valence-electron chi connectivity index (χ4n) is 6.25. The lowest BCUT2D eigenvalue weighted by atomic mass is 9.28. The Morgan fingerprint density at radius 3 is 2.44 bits per heavy atom. The molecule has 90 valence electrons. The van der Waals surface area contributed by atoms with Crippen LogP contribution in [0.15, 0.2) is 0 Å². The Labute approximate surface area is 98.1 Å². The molecule has 4 saturated carbocycles. The Morgan fingerprint density at radius 2 is 1.69 bits per heavy atom. The van der Waals surface area contributed by atoms with Crippen LogP contribution in [0.2, 0.25) is 0 Å². The van der Waals surface area contributed by atoms with Gasteiger partial charge in [-0.25, -0.2) is 0 Å². The van der Waals surface area contributed by atoms with Gasteiger partial charge in [-0.15, -0.1) is 0 Å². The van der Waals surface area contributed by atoms with Crippen molar-refractivity contribution >= 4 is 0 Å². The molecule has 0 aliphatic heterocycles. The van der Waals surface area contributed by atoms with Crippen LogP contribution in [0.3, 0.4) is 0 Å². The molecule has 0 aromatic carbocycles. The molecule has 4 aliphatic carbocycles. The first-order valence-corrected chi connectivity index (χ1v) is 7.04. The maximum absolute atomic E-state index is 6.81. The molecule has 2 heteroatoms. The van der Waals surface area contributed by atoms with Crippen LogP contribution in [0.5, 0.6) is 0 Å². The molecule has 0 aromatic rings. The summed E-state index contributed by atoms with van der Waals surface area (Å²) in [6.45, 7) is 4.76. The predicted molar refractivity (Wildman–Crippen MR) is 64.6 cm³/mol. The van der Waals surface area contributed by atoms with Crippen molar-refractivity contribution in [1.29, 1.82) is 0 Å². The zero-order valence-electron chi connectivity index (χ0n) is 10.4. The van der Waals surface area contributed by atoms with E-state index in [1.807, 2.05) is 0 Å². The highest BCUT2D eigenvalue weighted by molar-refractivity contribution is 5.30. The van der Waals surface area contributed by atoms with E-state index in [0.29, 0.717) is 5.92 Å². The van der Waals surface area contributed by atoms with Crippen molar-refractivity contribution in [2.24, 2.45) is 47.0 Å². The van der Waals surface area contributed by atoms with E-state index in [4.69, 9.17) is 11.5 Å². The maximum atomic E-state index is 6.81. The summed E-state index contributed by atoms with van der Waals surface area (Å²) < 4.78 is 0. The topological polar surface area (TPSA) is 52.0 Å². The zero-order valence-corrected chi connectivity index (χ0v) is 10.4. The average molecular weight is 220 g/mol. The quantitative estimate of drug-likeness (QED) is 0.653. The maximum Gasteiger partial charge on any atom is 0.0223 e. The van der Waals surface area contributed by atoms with Crippen molar-refractivity contribution in [3.63, 3.8) is 0 Å². The predicted octanol–water partition coefficient (Wildman–Crippen LogP) is 1.73. The van der Waals surface area contributed by atoms with Crippen LogP contribution in [-0.4, -0.2) is 11.1 Å². The van der Waals surface area contributed by atoms with Gasteiger partial charge in [0.15, 0.2) is 0 Å². The molecule has 0 heterocycles. The van der Waals surface area contributed by atoms with Crippen LogP contribution in [0.1, 0.15) is 39.5 Å². The van der Waals surface area contributed by atoms with E-state index in [-0.39, 0.29) is 11.1 Å². The molecular formula is C14H24N2. The highest BCUT2D eigenvalue weighted by atomic mass is 15.0. The van der Waals surface area contributed by atoms with Gasteiger partial charge >= 0.3 is 0 Å². The largest absolute Gasteiger partial charge is 0.325 e. The van der Waals surface area contributed by atoms with Crippen LogP contribution >= 0.6 is 0 Å². The average Bonchev–Trinajstić information content (AvgIpc) is 2.19. The number of hydrogen-bond donors (Lipinski definition) is 2. The third-order valence-corrected chi connectivity index (χ3v) is 6.81. The van der Waals surface area contributed by atoms with Crippen molar-refractivity contribution in [1.82, 2.24) is 0 Å². The summed E-state index contributed by atoms with van der Waals surface area (Å²) in [5.41, 5.74) is 13.8. The molecule has 2 nitrogen and oxygen atoms in total. The van der Waals surface area contributed by atoms with E-state index in [1.54, 1.807) is 0 Å². The lowest BCUT2D eigenvalue weighted by molar-refractivity contribution is -0.263. The third-order valence-electron chi connectivity index (χ3n) is 6.81. The van der Waals surface area contributed by atoms with E-state index in [0.717, 1.165) is 29.6 Å². The van der Waals surface area contributed by atoms with Crippen molar-refractivity contribution in [2.45, 2.75) is 50.6 Å². The molecular weight excluding hydrogens is 196 g/mol. The van der Waals surface area contributed by atoms with Gasteiger partial charge in [-0.05, 0) is 61.2 Å². The Morgan fingerprint density at radius 1 is 0.938 bits per heavy atom. The minimum atomic E-state index is 0.132. The van der Waals surface area contributed by atoms with Gasteiger partial charge in [0, 0.05) is 11.1 Å². The van der Waals surface area contributed by atoms with E-state index in [2.05, 4.69) is 13.8 Å². The Balaban J connectivity index is 1.77. The van der Waals surface area contributed by atoms with Crippen LogP contribution in [0.4, 0.5) is 0 Å². The molecule has 8 atom stereocenters. The molecule has 4 fully saturated rings. The smallest absolute Gasteiger partial charge is 0.0223 e. The second kappa shape index (κ2) is 2.51. The van der Waals surface area contributed by atoms with Gasteiger partial charge in [0.05, 0.1) is 0 Å². The Kier molecular flexibility index (Phi) is 1.55. The first-order valence-electron chi connectivity index (χ1n) is 7.04. The first kappa shape index (κ1) is 9.90. The van der Waals surface area contributed by atoms with Crippen molar-refractivity contribution in [3.8, 4) is 0 Å². The summed E-state index contributed by atoms with van der Waals surface area (Å²) in [6, 6.07) is 0. The molecule has 0 amide bonds. The molecule has 4 N–H and O–H groups in total. The Hall–Kier alpha value is -0.0800. The van der Waals surface area contributed by atoms with E-state index in [1.165, 1.54) is 25.7 Å². The normalized spacial score (nSPS) is 71.2. The van der Waals surface area contributed by atoms with Gasteiger partial charge in [-0.1, -0.05) is 13.8 Å². The Bertz CT molecular complexity index is 355. The monoisotopic (exact) mass is 220 g/mol. The van der Waals surface area contributed by atoms with Gasteiger partial charge in [-0.2, -0.15) is 0 Å². The number of rotatable bonds is 0. The van der Waals surface area contributed by atoms with Crippen LogP contribution < -0.4 is 11.5 Å². The first-order chi connectivity index (χ1) is 7.47. The van der Waals surface area contributed by atoms with E-state index >= 15 is 0 Å². The minimum Gasteiger partial charge on any atom is -0.325 e. The van der Waals surface area contributed by atoms with Crippen molar-refractivity contribution in [3.05, 3.63) is 0 Å².